The van der Waals surface area contributed by atoms with Gasteiger partial charge in [0, 0.05) is 11.1 Å². The van der Waals surface area contributed by atoms with Crippen LogP contribution in [0.1, 0.15) is 26.7 Å². The Morgan fingerprint density at radius 2 is 0.805 bits per heavy atom. The Hall–Kier alpha value is -0.479. The topological polar surface area (TPSA) is 98.8 Å². The summed E-state index contributed by atoms with van der Waals surface area (Å²) in [4.78, 5) is 24.1. The summed E-state index contributed by atoms with van der Waals surface area (Å²) < 4.78 is 45.7. The molecular formula is C26H58O9Si6. The first-order valence-electron chi connectivity index (χ1n) is 14.3. The standard InChI is InChI=1S/C26H58O9Si6/c1-23(2)25(27)29-19-17-21-40(31-36(5,6)7,22-18-20-30-26(28)24(3)4)35-41(32-37(8,9)10,33-38(11,12)13)34-39(14,15)16/h1,3,17-22H2,2,4-16H3. The quantitative estimate of drug-likeness (QED) is 0.0567. The van der Waals surface area contributed by atoms with E-state index < -0.39 is 62.8 Å². The molecule has 9 nitrogen and oxygen atoms in total. The second kappa shape index (κ2) is 16.0. The summed E-state index contributed by atoms with van der Waals surface area (Å²) >= 11 is 0. The molecule has 0 N–H and O–H groups in total. The van der Waals surface area contributed by atoms with Crippen LogP contribution in [0.25, 0.3) is 0 Å². The molecule has 0 aliphatic heterocycles. The van der Waals surface area contributed by atoms with E-state index in [2.05, 4.69) is 91.7 Å². The molecule has 0 saturated carbocycles. The summed E-state index contributed by atoms with van der Waals surface area (Å²) in [6.45, 7) is 36.3. The first-order chi connectivity index (χ1) is 18.2. The molecule has 0 aliphatic rings. The van der Waals surface area contributed by atoms with Crippen molar-refractivity contribution in [3.05, 3.63) is 24.3 Å². The van der Waals surface area contributed by atoms with Crippen LogP contribution in [0.5, 0.6) is 0 Å². The van der Waals surface area contributed by atoms with Gasteiger partial charge in [-0.1, -0.05) is 13.2 Å². The van der Waals surface area contributed by atoms with Gasteiger partial charge >= 0.3 is 29.5 Å². The van der Waals surface area contributed by atoms with Crippen molar-refractivity contribution in [2.45, 2.75) is 117 Å². The summed E-state index contributed by atoms with van der Waals surface area (Å²) in [7, 11) is -15.8. The highest BCUT2D eigenvalue weighted by atomic mass is 28.6. The molecule has 0 atom stereocenters. The Bertz CT molecular complexity index is 824. The lowest BCUT2D eigenvalue weighted by atomic mass is 10.4. The van der Waals surface area contributed by atoms with E-state index in [1.807, 2.05) is 0 Å². The summed E-state index contributed by atoms with van der Waals surface area (Å²) in [6, 6.07) is 1.06. The number of carbonyl (C=O) groups is 2. The molecule has 0 aliphatic carbocycles. The first-order valence-corrected chi connectivity index (χ1v) is 31.8. The molecule has 0 unspecified atom stereocenters. The van der Waals surface area contributed by atoms with Crippen LogP contribution in [0, 0.1) is 0 Å². The van der Waals surface area contributed by atoms with E-state index in [0.717, 1.165) is 0 Å². The molecule has 0 radical (unpaired) electrons. The lowest BCUT2D eigenvalue weighted by molar-refractivity contribution is -0.139. The van der Waals surface area contributed by atoms with Crippen LogP contribution >= 0.6 is 0 Å². The second-order valence-corrected chi connectivity index (χ2v) is 39.2. The van der Waals surface area contributed by atoms with Gasteiger partial charge in [0.25, 0.3) is 0 Å². The highest BCUT2D eigenvalue weighted by Gasteiger charge is 2.59. The van der Waals surface area contributed by atoms with E-state index >= 15 is 0 Å². The van der Waals surface area contributed by atoms with Crippen molar-refractivity contribution in [1.82, 2.24) is 0 Å². The fraction of sp³-hybridized carbons (Fsp3) is 0.769. The van der Waals surface area contributed by atoms with Crippen LogP contribution in [0.3, 0.4) is 0 Å². The summed E-state index contributed by atoms with van der Waals surface area (Å²) in [5.74, 6) is -0.850. The maximum absolute atomic E-state index is 12.1. The summed E-state index contributed by atoms with van der Waals surface area (Å²) in [5, 5.41) is 0. The zero-order chi connectivity index (χ0) is 32.5. The van der Waals surface area contributed by atoms with Crippen LogP contribution in [-0.2, 0) is 39.6 Å². The third-order valence-corrected chi connectivity index (χ3v) is 23.7. The van der Waals surface area contributed by atoms with Crippen molar-refractivity contribution in [3.8, 4) is 0 Å². The van der Waals surface area contributed by atoms with E-state index in [1.54, 1.807) is 13.8 Å². The van der Waals surface area contributed by atoms with Gasteiger partial charge in [-0.15, -0.1) is 0 Å². The molecule has 0 aromatic rings. The van der Waals surface area contributed by atoms with E-state index in [4.69, 9.17) is 30.0 Å². The Kier molecular flexibility index (Phi) is 15.8. The SMILES string of the molecule is C=C(C)C(=O)OCCC[Si](CCCOC(=O)C(=C)C)(O[Si](C)(C)C)O[Si](O[Si](C)(C)C)(O[Si](C)(C)C)O[Si](C)(C)C. The van der Waals surface area contributed by atoms with Gasteiger partial charge in [-0.25, -0.2) is 9.59 Å². The third kappa shape index (κ3) is 19.4. The molecule has 0 heterocycles. The molecule has 0 amide bonds. The molecule has 0 fully saturated rings. The van der Waals surface area contributed by atoms with E-state index in [1.165, 1.54) is 0 Å². The largest absolute Gasteiger partial charge is 0.638 e. The number of carbonyl (C=O) groups excluding carboxylic acids is 2. The second-order valence-electron chi connectivity index (χ2n) is 14.4. The van der Waals surface area contributed by atoms with Gasteiger partial charge in [0.15, 0.2) is 33.3 Å². The average molecular weight is 683 g/mol. The first kappa shape index (κ1) is 40.5. The van der Waals surface area contributed by atoms with Crippen LogP contribution in [0.4, 0.5) is 0 Å². The van der Waals surface area contributed by atoms with Crippen molar-refractivity contribution >= 4 is 62.8 Å². The van der Waals surface area contributed by atoms with Crippen molar-refractivity contribution in [2.24, 2.45) is 0 Å². The minimum Gasteiger partial charge on any atom is -0.462 e. The van der Waals surface area contributed by atoms with E-state index in [0.29, 0.717) is 36.1 Å². The van der Waals surface area contributed by atoms with Gasteiger partial charge in [-0.2, -0.15) is 0 Å². The molecule has 41 heavy (non-hydrogen) atoms. The predicted octanol–water partition coefficient (Wildman–Crippen LogP) is 7.31. The molecule has 0 aromatic carbocycles. The summed E-state index contributed by atoms with van der Waals surface area (Å²) in [6.07, 6.45) is 1.05. The van der Waals surface area contributed by atoms with Crippen molar-refractivity contribution in [3.63, 3.8) is 0 Å². The zero-order valence-electron chi connectivity index (χ0n) is 28.3. The molecule has 240 valence electrons. The highest BCUT2D eigenvalue weighted by molar-refractivity contribution is 6.92. The monoisotopic (exact) mass is 682 g/mol. The van der Waals surface area contributed by atoms with Gasteiger partial charge in [0.1, 0.15) is 0 Å². The fourth-order valence-corrected chi connectivity index (χ4v) is 26.0. The van der Waals surface area contributed by atoms with E-state index in [9.17, 15) is 9.59 Å². The van der Waals surface area contributed by atoms with Gasteiger partial charge in [-0.05, 0) is 117 Å². The maximum Gasteiger partial charge on any atom is 0.638 e. The molecule has 0 bridgehead atoms. The lowest BCUT2D eigenvalue weighted by Gasteiger charge is -2.47. The van der Waals surface area contributed by atoms with E-state index in [-0.39, 0.29) is 13.2 Å². The molecule has 0 aromatic heterocycles. The Balaban J connectivity index is 6.75. The fourth-order valence-electron chi connectivity index (χ4n) is 3.64. The van der Waals surface area contributed by atoms with Gasteiger partial charge in [0.05, 0.1) is 13.2 Å². The Labute approximate surface area is 256 Å². The minimum absolute atomic E-state index is 0.205. The highest BCUT2D eigenvalue weighted by Crippen LogP contribution is 2.35. The van der Waals surface area contributed by atoms with Crippen LogP contribution in [0.15, 0.2) is 24.3 Å². The number of hydrogen-bond acceptors (Lipinski definition) is 9. The predicted molar refractivity (Wildman–Crippen MR) is 181 cm³/mol. The Morgan fingerprint density at radius 3 is 1.05 bits per heavy atom. The lowest BCUT2D eigenvalue weighted by Crippen LogP contribution is -2.68. The average Bonchev–Trinajstić information content (AvgIpc) is 2.68. The van der Waals surface area contributed by atoms with Crippen molar-refractivity contribution in [2.75, 3.05) is 13.2 Å². The van der Waals surface area contributed by atoms with Gasteiger partial charge in [0.2, 0.25) is 0 Å². The number of rotatable bonds is 20. The van der Waals surface area contributed by atoms with Crippen LogP contribution < -0.4 is 0 Å². The zero-order valence-corrected chi connectivity index (χ0v) is 34.3. The third-order valence-electron chi connectivity index (χ3n) is 4.66. The van der Waals surface area contributed by atoms with Crippen molar-refractivity contribution < 1.29 is 39.6 Å². The minimum atomic E-state index is -3.74. The van der Waals surface area contributed by atoms with Gasteiger partial charge < -0.3 is 30.0 Å². The van der Waals surface area contributed by atoms with Gasteiger partial charge in [-0.3, -0.25) is 0 Å². The molecule has 0 spiro atoms. The normalized spacial score (nSPS) is 13.6. The van der Waals surface area contributed by atoms with Crippen LogP contribution in [0.2, 0.25) is 90.7 Å². The molecule has 0 saturated heterocycles. The number of hydrogen-bond donors (Lipinski definition) is 0. The maximum atomic E-state index is 12.1. The molecule has 15 heteroatoms. The number of ether oxygens (including phenoxy) is 2. The smallest absolute Gasteiger partial charge is 0.462 e. The number of esters is 2. The summed E-state index contributed by atoms with van der Waals surface area (Å²) in [5.41, 5.74) is 0.703. The Morgan fingerprint density at radius 1 is 0.512 bits per heavy atom. The van der Waals surface area contributed by atoms with Crippen LogP contribution in [-0.4, -0.2) is 76.0 Å². The van der Waals surface area contributed by atoms with Crippen molar-refractivity contribution in [1.29, 1.82) is 0 Å². The molecule has 0 rings (SSSR count). The molecular weight excluding hydrogens is 625 g/mol.